The molecule has 0 unspecified atom stereocenters. The normalized spacial score (nSPS) is 33.4. The van der Waals surface area contributed by atoms with Gasteiger partial charge in [0.05, 0.1) is 0 Å². The van der Waals surface area contributed by atoms with Crippen LogP contribution in [0.3, 0.4) is 0 Å². The van der Waals surface area contributed by atoms with E-state index in [1.807, 2.05) is 6.07 Å². The van der Waals surface area contributed by atoms with E-state index in [-0.39, 0.29) is 46.1 Å². The molecule has 2 fully saturated rings. The van der Waals surface area contributed by atoms with Crippen LogP contribution in [0, 0.1) is 22.7 Å². The first-order valence-electron chi connectivity index (χ1n) is 14.3. The van der Waals surface area contributed by atoms with Crippen molar-refractivity contribution in [1.82, 2.24) is 0 Å². The highest BCUT2D eigenvalue weighted by Gasteiger charge is 2.61. The van der Waals surface area contributed by atoms with Crippen molar-refractivity contribution in [2.75, 3.05) is 0 Å². The molecule has 198 valence electrons. The quantitative estimate of drug-likeness (QED) is 0.246. The van der Waals surface area contributed by atoms with Gasteiger partial charge in [0.2, 0.25) is 0 Å². The van der Waals surface area contributed by atoms with Crippen LogP contribution in [0.1, 0.15) is 127 Å². The summed E-state index contributed by atoms with van der Waals surface area (Å²) in [6.45, 7) is 15.5. The molecule has 36 heavy (non-hydrogen) atoms. The van der Waals surface area contributed by atoms with Crippen molar-refractivity contribution in [3.63, 3.8) is 0 Å². The van der Waals surface area contributed by atoms with Gasteiger partial charge < -0.3 is 14.6 Å². The number of hydrogen-bond acceptors (Lipinski definition) is 4. The molecule has 0 aromatic heterocycles. The highest BCUT2D eigenvalue weighted by molar-refractivity contribution is 5.95. The minimum atomic E-state index is -0.355. The smallest absolute Gasteiger partial charge is 0.342 e. The summed E-state index contributed by atoms with van der Waals surface area (Å²) in [7, 11) is 0. The number of ether oxygens (including phenoxy) is 2. The lowest BCUT2D eigenvalue weighted by Crippen LogP contribution is -2.45. The third kappa shape index (κ3) is 3.98. The summed E-state index contributed by atoms with van der Waals surface area (Å²) in [6, 6.07) is 2.05. The van der Waals surface area contributed by atoms with Crippen molar-refractivity contribution in [2.45, 2.75) is 124 Å². The average molecular weight is 495 g/mol. The summed E-state index contributed by atoms with van der Waals surface area (Å²) in [5, 5.41) is 11.8. The molecule has 1 aromatic rings. The Morgan fingerprint density at radius 2 is 1.92 bits per heavy atom. The van der Waals surface area contributed by atoms with Crippen molar-refractivity contribution in [3.05, 3.63) is 34.4 Å². The first-order chi connectivity index (χ1) is 16.9. The van der Waals surface area contributed by atoms with Gasteiger partial charge in [-0.05, 0) is 83.3 Å². The van der Waals surface area contributed by atoms with Crippen LogP contribution in [-0.2, 0) is 11.2 Å². The van der Waals surface area contributed by atoms with Gasteiger partial charge in [-0.25, -0.2) is 4.79 Å². The number of phenolic OH excluding ortho intramolecular Hbond substituents is 1. The molecule has 1 heterocycles. The summed E-state index contributed by atoms with van der Waals surface area (Å²) in [4.78, 5) is 14.0. The van der Waals surface area contributed by atoms with Crippen molar-refractivity contribution >= 4 is 5.97 Å². The number of unbranched alkanes of at least 4 members (excludes halogenated alkanes) is 2. The average Bonchev–Trinajstić information content (AvgIpc) is 3.27. The minimum absolute atomic E-state index is 0.0253. The van der Waals surface area contributed by atoms with E-state index in [0.717, 1.165) is 68.2 Å². The SMILES string of the molecule is CCCCCc1cc2c(c(O)c1C(=O)O[C@@H]1C(C)(C)[C@@H]3CC[C@@]1(C)C3)[C@@H]1C=C(C)CC[C@H]1C(C)(C)O2. The third-order valence-electron chi connectivity index (χ3n) is 10.3. The molecule has 3 aliphatic carbocycles. The summed E-state index contributed by atoms with van der Waals surface area (Å²) in [5.74, 6) is 1.37. The fourth-order valence-electron chi connectivity index (χ4n) is 8.32. The van der Waals surface area contributed by atoms with Crippen molar-refractivity contribution in [3.8, 4) is 11.5 Å². The van der Waals surface area contributed by atoms with Gasteiger partial charge in [-0.15, -0.1) is 0 Å². The van der Waals surface area contributed by atoms with Crippen LogP contribution in [0.2, 0.25) is 0 Å². The maximum Gasteiger partial charge on any atom is 0.342 e. The Kier molecular flexibility index (Phi) is 6.28. The second kappa shape index (κ2) is 8.81. The maximum atomic E-state index is 14.0. The van der Waals surface area contributed by atoms with Crippen LogP contribution >= 0.6 is 0 Å². The first-order valence-corrected chi connectivity index (χ1v) is 14.3. The second-order valence-corrected chi connectivity index (χ2v) is 13.7. The van der Waals surface area contributed by atoms with Crippen LogP contribution in [-0.4, -0.2) is 22.8 Å². The molecule has 4 heteroatoms. The second-order valence-electron chi connectivity index (χ2n) is 13.7. The molecule has 0 radical (unpaired) electrons. The standard InChI is InChI=1S/C32H46O4/c1-8-9-10-11-20-17-24-26(22-16-19(2)12-13-23(22)31(5,6)36-24)27(33)25(20)28(34)35-29-30(3,4)21-14-15-32(29,7)18-21/h16-17,21-23,29,33H,8-15,18H2,1-7H3/t21-,22-,23-,29-,32+/m1/s1. The fourth-order valence-corrected chi connectivity index (χ4v) is 8.32. The Bertz CT molecular complexity index is 1080. The van der Waals surface area contributed by atoms with E-state index in [9.17, 15) is 9.90 Å². The van der Waals surface area contributed by atoms with Gasteiger partial charge in [-0.3, -0.25) is 0 Å². The lowest BCUT2D eigenvalue weighted by atomic mass is 9.67. The van der Waals surface area contributed by atoms with Crippen molar-refractivity contribution in [2.24, 2.45) is 22.7 Å². The van der Waals surface area contributed by atoms with Crippen LogP contribution < -0.4 is 4.74 Å². The zero-order chi connectivity index (χ0) is 26.0. The number of allylic oxidation sites excluding steroid dienone is 2. The molecule has 0 saturated heterocycles. The lowest BCUT2D eigenvalue weighted by molar-refractivity contribution is -0.0587. The largest absolute Gasteiger partial charge is 0.507 e. The molecular formula is C32H46O4. The molecule has 1 N–H and O–H groups in total. The lowest BCUT2D eigenvalue weighted by Gasteiger charge is -2.47. The zero-order valence-corrected chi connectivity index (χ0v) is 23.5. The summed E-state index contributed by atoms with van der Waals surface area (Å²) in [6.07, 6.45) is 11.6. The maximum absolute atomic E-state index is 14.0. The molecule has 4 nitrogen and oxygen atoms in total. The van der Waals surface area contributed by atoms with E-state index in [1.54, 1.807) is 0 Å². The Morgan fingerprint density at radius 3 is 2.58 bits per heavy atom. The summed E-state index contributed by atoms with van der Waals surface area (Å²) < 4.78 is 13.0. The fraction of sp³-hybridized carbons (Fsp3) is 0.719. The number of phenols is 1. The highest BCUT2D eigenvalue weighted by atomic mass is 16.5. The van der Waals surface area contributed by atoms with Crippen LogP contribution in [0.15, 0.2) is 17.7 Å². The summed E-state index contributed by atoms with van der Waals surface area (Å²) in [5.41, 5.74) is 3.02. The molecule has 1 aromatic carbocycles. The number of fused-ring (bicyclic) bond motifs is 5. The Hall–Kier alpha value is -1.97. The van der Waals surface area contributed by atoms with Gasteiger partial charge in [0.1, 0.15) is 28.8 Å². The molecule has 4 aliphatic rings. The Labute approximate surface area is 217 Å². The number of aryl methyl sites for hydroxylation is 1. The predicted octanol–water partition coefficient (Wildman–Crippen LogP) is 8.11. The van der Waals surface area contributed by atoms with Crippen LogP contribution in [0.4, 0.5) is 0 Å². The van der Waals surface area contributed by atoms with Crippen molar-refractivity contribution in [1.29, 1.82) is 0 Å². The Morgan fingerprint density at radius 1 is 1.17 bits per heavy atom. The third-order valence-corrected chi connectivity index (χ3v) is 10.3. The molecule has 5 rings (SSSR count). The Balaban J connectivity index is 1.58. The molecule has 2 saturated carbocycles. The molecule has 2 bridgehead atoms. The van der Waals surface area contributed by atoms with E-state index >= 15 is 0 Å². The molecule has 0 spiro atoms. The van der Waals surface area contributed by atoms with Gasteiger partial charge in [0.25, 0.3) is 0 Å². The number of aromatic hydroxyl groups is 1. The topological polar surface area (TPSA) is 55.8 Å². The van der Waals surface area contributed by atoms with Crippen LogP contribution in [0.25, 0.3) is 0 Å². The predicted molar refractivity (Wildman–Crippen MR) is 144 cm³/mol. The zero-order valence-electron chi connectivity index (χ0n) is 23.5. The van der Waals surface area contributed by atoms with E-state index in [1.165, 1.54) is 12.0 Å². The van der Waals surface area contributed by atoms with E-state index < -0.39 is 0 Å². The summed E-state index contributed by atoms with van der Waals surface area (Å²) >= 11 is 0. The monoisotopic (exact) mass is 494 g/mol. The minimum Gasteiger partial charge on any atom is -0.507 e. The number of benzene rings is 1. The van der Waals surface area contributed by atoms with Crippen LogP contribution in [0.5, 0.6) is 11.5 Å². The number of rotatable bonds is 6. The highest BCUT2D eigenvalue weighted by Crippen LogP contribution is 2.64. The van der Waals surface area contributed by atoms with E-state index in [2.05, 4.69) is 54.5 Å². The van der Waals surface area contributed by atoms with Gasteiger partial charge in [-0.2, -0.15) is 0 Å². The molecule has 1 aliphatic heterocycles. The number of esters is 1. The van der Waals surface area contributed by atoms with Gasteiger partial charge >= 0.3 is 5.97 Å². The van der Waals surface area contributed by atoms with Gasteiger partial charge in [-0.1, -0.05) is 52.2 Å². The number of carbonyl (C=O) groups is 1. The number of carbonyl (C=O) groups excluding carboxylic acids is 1. The van der Waals surface area contributed by atoms with E-state index in [0.29, 0.717) is 11.5 Å². The molecular weight excluding hydrogens is 448 g/mol. The first kappa shape index (κ1) is 25.7. The van der Waals surface area contributed by atoms with Crippen molar-refractivity contribution < 1.29 is 19.4 Å². The molecule has 5 atom stereocenters. The molecule has 0 amide bonds. The number of hydrogen-bond donors (Lipinski definition) is 1. The van der Waals surface area contributed by atoms with Gasteiger partial charge in [0, 0.05) is 28.2 Å². The van der Waals surface area contributed by atoms with E-state index in [4.69, 9.17) is 9.47 Å². The van der Waals surface area contributed by atoms with Gasteiger partial charge in [0.15, 0.2) is 0 Å².